The SMILES string of the molecule is O=C(Cl)c1sc2nccc3c2c1NC(=O)N3c1ccc(Oc2ccccc2)nc1. The molecule has 0 radical (unpaired) electrons. The molecule has 3 aromatic heterocycles. The average molecular weight is 423 g/mol. The normalized spacial score (nSPS) is 12.7. The molecule has 1 aliphatic heterocycles. The van der Waals surface area contributed by atoms with E-state index >= 15 is 0 Å². The number of halogens is 1. The molecule has 4 heterocycles. The number of para-hydroxylation sites is 1. The summed E-state index contributed by atoms with van der Waals surface area (Å²) < 4.78 is 5.70. The molecule has 1 aliphatic rings. The van der Waals surface area contributed by atoms with E-state index < -0.39 is 11.3 Å². The van der Waals surface area contributed by atoms with Crippen molar-refractivity contribution in [1.29, 1.82) is 0 Å². The summed E-state index contributed by atoms with van der Waals surface area (Å²) in [4.78, 5) is 35.5. The summed E-state index contributed by atoms with van der Waals surface area (Å²) in [5, 5.41) is 2.79. The maximum absolute atomic E-state index is 12.8. The molecule has 4 aromatic rings. The van der Waals surface area contributed by atoms with Crippen LogP contribution in [0.15, 0.2) is 60.9 Å². The van der Waals surface area contributed by atoms with Gasteiger partial charge in [-0.2, -0.15) is 0 Å². The minimum atomic E-state index is -0.633. The lowest BCUT2D eigenvalue weighted by atomic mass is 10.1. The number of nitrogens with one attached hydrogen (secondary N) is 1. The lowest BCUT2D eigenvalue weighted by Gasteiger charge is -2.28. The van der Waals surface area contributed by atoms with Crippen molar-refractivity contribution in [2.75, 3.05) is 10.2 Å². The lowest BCUT2D eigenvalue weighted by molar-refractivity contribution is 0.108. The average Bonchev–Trinajstić information content (AvgIpc) is 3.10. The van der Waals surface area contributed by atoms with Crippen LogP contribution in [0.2, 0.25) is 0 Å². The first-order valence-electron chi connectivity index (χ1n) is 8.53. The molecule has 0 bridgehead atoms. The zero-order chi connectivity index (χ0) is 20.0. The van der Waals surface area contributed by atoms with Gasteiger partial charge in [0.25, 0.3) is 5.24 Å². The first-order chi connectivity index (χ1) is 14.1. The highest BCUT2D eigenvalue weighted by Crippen LogP contribution is 2.46. The van der Waals surface area contributed by atoms with E-state index in [-0.39, 0.29) is 4.88 Å². The van der Waals surface area contributed by atoms with Crippen LogP contribution in [0.4, 0.5) is 21.9 Å². The highest BCUT2D eigenvalue weighted by atomic mass is 35.5. The Bertz CT molecular complexity index is 1260. The molecule has 0 spiro atoms. The van der Waals surface area contributed by atoms with Gasteiger partial charge in [-0.05, 0) is 35.9 Å². The Balaban J connectivity index is 1.54. The summed E-state index contributed by atoms with van der Waals surface area (Å²) >= 11 is 6.82. The molecule has 5 rings (SSSR count). The molecule has 0 atom stereocenters. The van der Waals surface area contributed by atoms with Gasteiger partial charge < -0.3 is 10.1 Å². The molecule has 0 fully saturated rings. The van der Waals surface area contributed by atoms with Crippen molar-refractivity contribution in [3.8, 4) is 11.6 Å². The Morgan fingerprint density at radius 2 is 1.93 bits per heavy atom. The van der Waals surface area contributed by atoms with Gasteiger partial charge in [-0.15, -0.1) is 11.3 Å². The van der Waals surface area contributed by atoms with Crippen LogP contribution in [0, 0.1) is 0 Å². The summed E-state index contributed by atoms with van der Waals surface area (Å²) in [5.74, 6) is 1.07. The Kier molecular flexibility index (Phi) is 4.15. The van der Waals surface area contributed by atoms with Crippen LogP contribution in [-0.4, -0.2) is 21.2 Å². The van der Waals surface area contributed by atoms with E-state index in [1.807, 2.05) is 30.3 Å². The van der Waals surface area contributed by atoms with Gasteiger partial charge in [-0.1, -0.05) is 18.2 Å². The number of thiophene rings is 1. The third kappa shape index (κ3) is 2.98. The molecule has 2 amide bonds. The van der Waals surface area contributed by atoms with Gasteiger partial charge in [0.2, 0.25) is 5.88 Å². The number of amides is 2. The predicted molar refractivity (Wildman–Crippen MR) is 112 cm³/mol. The maximum atomic E-state index is 12.8. The topological polar surface area (TPSA) is 84.4 Å². The maximum Gasteiger partial charge on any atom is 0.331 e. The molecule has 0 saturated heterocycles. The quantitative estimate of drug-likeness (QED) is 0.436. The van der Waals surface area contributed by atoms with E-state index in [4.69, 9.17) is 16.3 Å². The molecule has 1 N–H and O–H groups in total. The monoisotopic (exact) mass is 422 g/mol. The van der Waals surface area contributed by atoms with Crippen LogP contribution >= 0.6 is 22.9 Å². The number of anilines is 3. The van der Waals surface area contributed by atoms with Crippen LogP contribution in [0.1, 0.15) is 9.67 Å². The number of pyridine rings is 2. The summed E-state index contributed by atoms with van der Waals surface area (Å²) in [6.45, 7) is 0. The largest absolute Gasteiger partial charge is 0.439 e. The van der Waals surface area contributed by atoms with E-state index in [0.29, 0.717) is 38.9 Å². The Hall–Kier alpha value is -3.49. The zero-order valence-corrected chi connectivity index (χ0v) is 16.2. The fraction of sp³-hybridized carbons (Fsp3) is 0. The van der Waals surface area contributed by atoms with E-state index in [0.717, 1.165) is 11.3 Å². The number of carbonyl (C=O) groups excluding carboxylic acids is 2. The molecule has 9 heteroatoms. The van der Waals surface area contributed by atoms with E-state index in [9.17, 15) is 9.59 Å². The van der Waals surface area contributed by atoms with Crippen molar-refractivity contribution in [3.63, 3.8) is 0 Å². The summed E-state index contributed by atoms with van der Waals surface area (Å²) in [6, 6.07) is 14.0. The van der Waals surface area contributed by atoms with Crippen molar-refractivity contribution in [1.82, 2.24) is 9.97 Å². The van der Waals surface area contributed by atoms with Crippen LogP contribution in [0.3, 0.4) is 0 Å². The van der Waals surface area contributed by atoms with Crippen LogP contribution in [-0.2, 0) is 0 Å². The van der Waals surface area contributed by atoms with Crippen LogP contribution in [0.5, 0.6) is 11.6 Å². The summed E-state index contributed by atoms with van der Waals surface area (Å²) in [5.41, 5.74) is 1.55. The molecule has 1 aromatic carbocycles. The van der Waals surface area contributed by atoms with Gasteiger partial charge in [-0.25, -0.2) is 14.8 Å². The van der Waals surface area contributed by atoms with Crippen LogP contribution in [0.25, 0.3) is 10.2 Å². The molecular formula is C20H11ClN4O3S. The number of carbonyl (C=O) groups is 2. The first-order valence-corrected chi connectivity index (χ1v) is 9.72. The molecule has 0 aliphatic carbocycles. The van der Waals surface area contributed by atoms with E-state index in [2.05, 4.69) is 15.3 Å². The fourth-order valence-corrected chi connectivity index (χ4v) is 4.31. The van der Waals surface area contributed by atoms with E-state index in [1.165, 1.54) is 4.90 Å². The molecule has 7 nitrogen and oxygen atoms in total. The Morgan fingerprint density at radius 3 is 2.66 bits per heavy atom. The molecule has 142 valence electrons. The van der Waals surface area contributed by atoms with Gasteiger partial charge in [0, 0.05) is 12.3 Å². The third-order valence-corrected chi connectivity index (χ3v) is 5.77. The Morgan fingerprint density at radius 1 is 1.10 bits per heavy atom. The molecule has 0 saturated carbocycles. The van der Waals surface area contributed by atoms with Gasteiger partial charge in [0.05, 0.1) is 28.6 Å². The number of urea groups is 1. The zero-order valence-electron chi connectivity index (χ0n) is 14.6. The van der Waals surface area contributed by atoms with Crippen molar-refractivity contribution in [2.24, 2.45) is 0 Å². The standard InChI is InChI=1S/C20H11ClN4O3S/c21-18(26)17-16-15-13(8-9-22-19(15)29-17)25(20(27)24-16)11-6-7-14(23-10-11)28-12-4-2-1-3-5-12/h1-10H,(H,24,27). The number of hydrogen-bond donors (Lipinski definition) is 1. The van der Waals surface area contributed by atoms with E-state index in [1.54, 1.807) is 30.6 Å². The first kappa shape index (κ1) is 17.6. The molecule has 29 heavy (non-hydrogen) atoms. The molecule has 0 unspecified atom stereocenters. The Labute approximate surface area is 173 Å². The number of nitrogens with zero attached hydrogens (tertiary/aromatic N) is 3. The number of ether oxygens (including phenoxy) is 1. The van der Waals surface area contributed by atoms with Gasteiger partial charge >= 0.3 is 6.03 Å². The minimum absolute atomic E-state index is 0.263. The van der Waals surface area contributed by atoms with Crippen molar-refractivity contribution in [2.45, 2.75) is 0 Å². The highest BCUT2D eigenvalue weighted by Gasteiger charge is 2.32. The second kappa shape index (κ2) is 6.84. The van der Waals surface area contributed by atoms with Crippen molar-refractivity contribution >= 4 is 61.5 Å². The number of hydrogen-bond acceptors (Lipinski definition) is 6. The van der Waals surface area contributed by atoms with Gasteiger partial charge in [-0.3, -0.25) is 9.69 Å². The molecular weight excluding hydrogens is 412 g/mol. The summed E-state index contributed by atoms with van der Waals surface area (Å²) in [6.07, 6.45) is 3.14. The van der Waals surface area contributed by atoms with Crippen molar-refractivity contribution < 1.29 is 14.3 Å². The second-order valence-corrected chi connectivity index (χ2v) is 7.47. The van der Waals surface area contributed by atoms with Crippen molar-refractivity contribution in [3.05, 3.63) is 65.8 Å². The summed E-state index contributed by atoms with van der Waals surface area (Å²) in [7, 11) is 0. The smallest absolute Gasteiger partial charge is 0.331 e. The second-order valence-electron chi connectivity index (χ2n) is 6.13. The van der Waals surface area contributed by atoms with Crippen LogP contribution < -0.4 is 15.0 Å². The highest BCUT2D eigenvalue weighted by molar-refractivity contribution is 7.22. The van der Waals surface area contributed by atoms with Gasteiger partial charge in [0.1, 0.15) is 15.5 Å². The van der Waals surface area contributed by atoms with Gasteiger partial charge in [0.15, 0.2) is 0 Å². The number of rotatable bonds is 4. The third-order valence-electron chi connectivity index (χ3n) is 4.37. The predicted octanol–water partition coefficient (Wildman–Crippen LogP) is 5.55. The lowest BCUT2D eigenvalue weighted by Crippen LogP contribution is -2.34. The number of aromatic nitrogens is 2. The fourth-order valence-electron chi connectivity index (χ4n) is 3.15. The number of benzene rings is 1. The minimum Gasteiger partial charge on any atom is -0.439 e.